The van der Waals surface area contributed by atoms with Crippen molar-refractivity contribution in [2.24, 2.45) is 0 Å². The molecule has 1 heterocycles. The zero-order chi connectivity index (χ0) is 5.11. The summed E-state index contributed by atoms with van der Waals surface area (Å²) in [5, 5.41) is 10.9. The Labute approximate surface area is 42.2 Å². The van der Waals surface area contributed by atoms with Gasteiger partial charge in [-0.05, 0) is 19.4 Å². The standard InChI is InChI=1S/C4H9NO2/c6-7-4-2-1-3-5-4/h4-6H,1-3H2. The lowest BCUT2D eigenvalue weighted by molar-refractivity contribution is -0.281. The Kier molecular flexibility index (Phi) is 1.62. The lowest BCUT2D eigenvalue weighted by Gasteiger charge is -2.01. The topological polar surface area (TPSA) is 41.5 Å². The Balaban J connectivity index is 2.14. The van der Waals surface area contributed by atoms with Crippen molar-refractivity contribution in [3.63, 3.8) is 0 Å². The lowest BCUT2D eigenvalue weighted by atomic mass is 10.4. The third kappa shape index (κ3) is 1.12. The van der Waals surface area contributed by atoms with Crippen LogP contribution in [0.25, 0.3) is 0 Å². The van der Waals surface area contributed by atoms with E-state index in [0.29, 0.717) is 0 Å². The van der Waals surface area contributed by atoms with Crippen molar-refractivity contribution < 1.29 is 10.1 Å². The van der Waals surface area contributed by atoms with Crippen LogP contribution >= 0.6 is 0 Å². The normalized spacial score (nSPS) is 31.3. The molecule has 1 aliphatic heterocycles. The van der Waals surface area contributed by atoms with Gasteiger partial charge in [0.25, 0.3) is 0 Å². The van der Waals surface area contributed by atoms with Crippen LogP contribution < -0.4 is 5.32 Å². The molecule has 3 nitrogen and oxygen atoms in total. The first-order chi connectivity index (χ1) is 3.43. The van der Waals surface area contributed by atoms with Crippen LogP contribution in [0.3, 0.4) is 0 Å². The fraction of sp³-hybridized carbons (Fsp3) is 1.00. The van der Waals surface area contributed by atoms with Crippen molar-refractivity contribution in [3.05, 3.63) is 0 Å². The first-order valence-corrected chi connectivity index (χ1v) is 2.47. The van der Waals surface area contributed by atoms with Gasteiger partial charge in [-0.2, -0.15) is 0 Å². The first kappa shape index (κ1) is 5.03. The third-order valence-electron chi connectivity index (χ3n) is 1.14. The third-order valence-corrected chi connectivity index (χ3v) is 1.14. The quantitative estimate of drug-likeness (QED) is 0.367. The minimum atomic E-state index is -0.0972. The molecule has 3 heteroatoms. The van der Waals surface area contributed by atoms with Gasteiger partial charge in [-0.15, -0.1) is 0 Å². The second-order valence-electron chi connectivity index (χ2n) is 1.69. The molecule has 42 valence electrons. The van der Waals surface area contributed by atoms with E-state index in [1.54, 1.807) is 0 Å². The Morgan fingerprint density at radius 1 is 1.71 bits per heavy atom. The Bertz CT molecular complexity index is 51.7. The maximum atomic E-state index is 8.00. The zero-order valence-electron chi connectivity index (χ0n) is 4.05. The second-order valence-corrected chi connectivity index (χ2v) is 1.69. The van der Waals surface area contributed by atoms with Gasteiger partial charge in [0.05, 0.1) is 0 Å². The van der Waals surface area contributed by atoms with E-state index < -0.39 is 0 Å². The first-order valence-electron chi connectivity index (χ1n) is 2.47. The summed E-state index contributed by atoms with van der Waals surface area (Å²) in [7, 11) is 0. The molecule has 0 aromatic heterocycles. The van der Waals surface area contributed by atoms with Gasteiger partial charge in [0.1, 0.15) is 6.23 Å². The van der Waals surface area contributed by atoms with Crippen molar-refractivity contribution >= 4 is 0 Å². The summed E-state index contributed by atoms with van der Waals surface area (Å²) in [5.74, 6) is 0. The molecule has 2 N–H and O–H groups in total. The fourth-order valence-electron chi connectivity index (χ4n) is 0.743. The summed E-state index contributed by atoms with van der Waals surface area (Å²) in [5.41, 5.74) is 0. The second kappa shape index (κ2) is 2.26. The molecule has 0 radical (unpaired) electrons. The van der Waals surface area contributed by atoms with E-state index in [-0.39, 0.29) is 6.23 Å². The molecule has 7 heavy (non-hydrogen) atoms. The number of nitrogens with one attached hydrogen (secondary N) is 1. The summed E-state index contributed by atoms with van der Waals surface area (Å²) in [6, 6.07) is 0. The molecule has 1 unspecified atom stereocenters. The Hall–Kier alpha value is -0.120. The molecular weight excluding hydrogens is 94.0 g/mol. The van der Waals surface area contributed by atoms with Crippen LogP contribution in [-0.2, 0) is 4.89 Å². The molecule has 0 amide bonds. The highest BCUT2D eigenvalue weighted by Gasteiger charge is 2.12. The van der Waals surface area contributed by atoms with Gasteiger partial charge >= 0.3 is 0 Å². The van der Waals surface area contributed by atoms with Crippen molar-refractivity contribution in [2.75, 3.05) is 6.54 Å². The molecule has 0 saturated carbocycles. The van der Waals surface area contributed by atoms with E-state index in [2.05, 4.69) is 10.2 Å². The van der Waals surface area contributed by atoms with E-state index >= 15 is 0 Å². The summed E-state index contributed by atoms with van der Waals surface area (Å²) in [6.45, 7) is 0.964. The summed E-state index contributed by atoms with van der Waals surface area (Å²) in [4.78, 5) is 4.00. The molecule has 1 fully saturated rings. The van der Waals surface area contributed by atoms with E-state index in [1.807, 2.05) is 0 Å². The Morgan fingerprint density at radius 2 is 2.57 bits per heavy atom. The molecule has 0 spiro atoms. The van der Waals surface area contributed by atoms with Crippen LogP contribution in [0.2, 0.25) is 0 Å². The van der Waals surface area contributed by atoms with E-state index in [4.69, 9.17) is 5.26 Å². The minimum Gasteiger partial charge on any atom is -0.289 e. The van der Waals surface area contributed by atoms with Crippen molar-refractivity contribution in [2.45, 2.75) is 19.1 Å². The lowest BCUT2D eigenvalue weighted by Crippen LogP contribution is -2.22. The monoisotopic (exact) mass is 103 g/mol. The zero-order valence-corrected chi connectivity index (χ0v) is 4.05. The average molecular weight is 103 g/mol. The molecule has 0 aromatic rings. The van der Waals surface area contributed by atoms with Crippen LogP contribution in [0.15, 0.2) is 0 Å². The smallest absolute Gasteiger partial charge is 0.143 e. The van der Waals surface area contributed by atoms with Crippen molar-refractivity contribution in [1.29, 1.82) is 0 Å². The van der Waals surface area contributed by atoms with Gasteiger partial charge in [-0.1, -0.05) is 0 Å². The number of rotatable bonds is 1. The van der Waals surface area contributed by atoms with E-state index in [1.165, 1.54) is 0 Å². The molecule has 1 aliphatic rings. The molecular formula is C4H9NO2. The average Bonchev–Trinajstić information content (AvgIpc) is 2.14. The van der Waals surface area contributed by atoms with Gasteiger partial charge < -0.3 is 0 Å². The highest BCUT2D eigenvalue weighted by atomic mass is 17.1. The van der Waals surface area contributed by atoms with Crippen LogP contribution in [0.4, 0.5) is 0 Å². The largest absolute Gasteiger partial charge is 0.289 e. The van der Waals surface area contributed by atoms with Gasteiger partial charge in [-0.25, -0.2) is 4.89 Å². The van der Waals surface area contributed by atoms with E-state index in [0.717, 1.165) is 19.4 Å². The predicted molar refractivity (Wildman–Crippen MR) is 24.7 cm³/mol. The summed E-state index contributed by atoms with van der Waals surface area (Å²) in [6.07, 6.45) is 1.93. The van der Waals surface area contributed by atoms with Crippen LogP contribution in [0.1, 0.15) is 12.8 Å². The number of hydrogen-bond donors (Lipinski definition) is 2. The number of hydrogen-bond acceptors (Lipinski definition) is 3. The molecule has 1 saturated heterocycles. The van der Waals surface area contributed by atoms with Gasteiger partial charge in [0.2, 0.25) is 0 Å². The molecule has 0 aromatic carbocycles. The van der Waals surface area contributed by atoms with Gasteiger partial charge in [-0.3, -0.25) is 10.6 Å². The highest BCUT2D eigenvalue weighted by Crippen LogP contribution is 2.03. The molecule has 0 aliphatic carbocycles. The molecule has 1 atom stereocenters. The maximum Gasteiger partial charge on any atom is 0.143 e. The van der Waals surface area contributed by atoms with Crippen molar-refractivity contribution in [1.82, 2.24) is 5.32 Å². The summed E-state index contributed by atoms with van der Waals surface area (Å²) < 4.78 is 0. The van der Waals surface area contributed by atoms with Gasteiger partial charge in [0, 0.05) is 0 Å². The molecule has 1 rings (SSSR count). The minimum absolute atomic E-state index is 0.0972. The SMILES string of the molecule is OOC1CCCN1. The highest BCUT2D eigenvalue weighted by molar-refractivity contribution is 4.62. The van der Waals surface area contributed by atoms with E-state index in [9.17, 15) is 0 Å². The predicted octanol–water partition coefficient (Wildman–Crippen LogP) is 0.186. The van der Waals surface area contributed by atoms with Crippen LogP contribution in [0, 0.1) is 0 Å². The van der Waals surface area contributed by atoms with Gasteiger partial charge in [0.15, 0.2) is 0 Å². The van der Waals surface area contributed by atoms with Crippen LogP contribution in [-0.4, -0.2) is 18.0 Å². The Morgan fingerprint density at radius 3 is 2.86 bits per heavy atom. The summed E-state index contributed by atoms with van der Waals surface area (Å²) >= 11 is 0. The fourth-order valence-corrected chi connectivity index (χ4v) is 0.743. The van der Waals surface area contributed by atoms with Crippen LogP contribution in [0.5, 0.6) is 0 Å². The maximum absolute atomic E-state index is 8.00. The van der Waals surface area contributed by atoms with Crippen molar-refractivity contribution in [3.8, 4) is 0 Å². The molecule has 0 bridgehead atoms.